The average molecular weight is 727 g/mol. The third kappa shape index (κ3) is 10.2. The topological polar surface area (TPSA) is 110 Å². The smallest absolute Gasteiger partial charge is 0.128 e. The normalized spacial score (nSPS) is 24.7. The van der Waals surface area contributed by atoms with E-state index in [4.69, 9.17) is 4.74 Å². The molecule has 1 heterocycles. The first-order valence-corrected chi connectivity index (χ1v) is 20.1. The molecule has 6 nitrogen and oxygen atoms in total. The molecule has 3 aliphatic rings. The van der Waals surface area contributed by atoms with Gasteiger partial charge in [0.25, 0.3) is 0 Å². The fraction of sp³-hybridized carbons (Fsp3) is 0.739. The van der Waals surface area contributed by atoms with Gasteiger partial charge in [-0.05, 0) is 124 Å². The molecule has 2 aromatic rings. The molecule has 6 atom stereocenters. The summed E-state index contributed by atoms with van der Waals surface area (Å²) in [6, 6.07) is 3.90. The molecule has 1 aliphatic heterocycles. The molecular formula is C46H78O6. The highest BCUT2D eigenvalue weighted by molar-refractivity contribution is 5.57. The van der Waals surface area contributed by atoms with Crippen molar-refractivity contribution in [2.45, 2.75) is 191 Å². The SMILES string of the molecule is C.C.CCCCCc1cc(O)c([C@@H]2CC(C)CC[C@H]2C(C)C)c(O)c1CO.CCCCCc1cc2c(c(O)c1CO)[C@@H]1CC(C)CC[C@H]1C(C)(C)O2. The van der Waals surface area contributed by atoms with Crippen LogP contribution in [0, 0.1) is 29.6 Å². The Morgan fingerprint density at radius 1 is 0.712 bits per heavy atom. The number of aliphatic hydroxyl groups excluding tert-OH is 2. The summed E-state index contributed by atoms with van der Waals surface area (Å²) >= 11 is 0. The first-order chi connectivity index (χ1) is 23.8. The number of hydrogen-bond acceptors (Lipinski definition) is 6. The highest BCUT2D eigenvalue weighted by Crippen LogP contribution is 2.56. The summed E-state index contributed by atoms with van der Waals surface area (Å²) in [5.74, 6) is 4.67. The fourth-order valence-corrected chi connectivity index (χ4v) is 9.68. The van der Waals surface area contributed by atoms with Crippen LogP contribution < -0.4 is 4.74 Å². The Hall–Kier alpha value is -2.44. The van der Waals surface area contributed by atoms with Gasteiger partial charge < -0.3 is 30.3 Å². The average Bonchev–Trinajstić information content (AvgIpc) is 3.05. The van der Waals surface area contributed by atoms with Gasteiger partial charge in [-0.25, -0.2) is 0 Å². The lowest BCUT2D eigenvalue weighted by atomic mass is 9.64. The molecule has 2 aromatic carbocycles. The zero-order valence-electron chi connectivity index (χ0n) is 32.7. The van der Waals surface area contributed by atoms with Crippen LogP contribution in [0.1, 0.15) is 193 Å². The van der Waals surface area contributed by atoms with Crippen molar-refractivity contribution in [1.29, 1.82) is 0 Å². The van der Waals surface area contributed by atoms with E-state index in [2.05, 4.69) is 61.5 Å². The van der Waals surface area contributed by atoms with E-state index in [1.165, 1.54) is 12.8 Å². The summed E-state index contributed by atoms with van der Waals surface area (Å²) in [5.41, 5.74) is 4.70. The maximum atomic E-state index is 11.0. The second-order valence-electron chi connectivity index (χ2n) is 17.1. The van der Waals surface area contributed by atoms with E-state index < -0.39 is 0 Å². The van der Waals surface area contributed by atoms with Crippen LogP contribution in [0.4, 0.5) is 0 Å². The second kappa shape index (κ2) is 20.3. The van der Waals surface area contributed by atoms with Gasteiger partial charge in [0.1, 0.15) is 28.6 Å². The first kappa shape index (κ1) is 45.7. The van der Waals surface area contributed by atoms with Crippen LogP contribution in [0.15, 0.2) is 12.1 Å². The highest BCUT2D eigenvalue weighted by Gasteiger charge is 2.47. The quantitative estimate of drug-likeness (QED) is 0.139. The largest absolute Gasteiger partial charge is 0.508 e. The molecule has 5 N–H and O–H groups in total. The molecule has 0 amide bonds. The molecule has 0 spiro atoms. The lowest BCUT2D eigenvalue weighted by molar-refractivity contribution is -0.0147. The number of aryl methyl sites for hydroxylation is 2. The van der Waals surface area contributed by atoms with Crippen LogP contribution in [-0.2, 0) is 26.1 Å². The van der Waals surface area contributed by atoms with Gasteiger partial charge in [-0.2, -0.15) is 0 Å². The highest BCUT2D eigenvalue weighted by atomic mass is 16.5. The van der Waals surface area contributed by atoms with Gasteiger partial charge in [-0.15, -0.1) is 0 Å². The van der Waals surface area contributed by atoms with Crippen LogP contribution in [0.3, 0.4) is 0 Å². The van der Waals surface area contributed by atoms with Gasteiger partial charge in [0.2, 0.25) is 0 Å². The molecule has 52 heavy (non-hydrogen) atoms. The molecule has 2 aliphatic carbocycles. The summed E-state index contributed by atoms with van der Waals surface area (Å²) < 4.78 is 6.41. The Kier molecular flexibility index (Phi) is 17.8. The molecule has 0 bridgehead atoms. The van der Waals surface area contributed by atoms with Gasteiger partial charge in [0.05, 0.1) is 13.2 Å². The molecule has 6 heteroatoms. The molecule has 0 aromatic heterocycles. The monoisotopic (exact) mass is 727 g/mol. The lowest BCUT2D eigenvalue weighted by Crippen LogP contribution is -2.46. The Morgan fingerprint density at radius 3 is 1.73 bits per heavy atom. The van der Waals surface area contributed by atoms with Crippen molar-refractivity contribution in [3.63, 3.8) is 0 Å². The fourth-order valence-electron chi connectivity index (χ4n) is 9.68. The zero-order chi connectivity index (χ0) is 36.7. The van der Waals surface area contributed by atoms with Crippen LogP contribution in [0.5, 0.6) is 23.0 Å². The number of aromatic hydroxyl groups is 3. The van der Waals surface area contributed by atoms with Gasteiger partial charge >= 0.3 is 0 Å². The minimum absolute atomic E-state index is 0. The summed E-state index contributed by atoms with van der Waals surface area (Å²) in [4.78, 5) is 0. The number of hydrogen-bond donors (Lipinski definition) is 5. The Balaban J connectivity index is 0.000000347. The lowest BCUT2D eigenvalue weighted by Gasteiger charge is -2.49. The van der Waals surface area contributed by atoms with Gasteiger partial charge in [0.15, 0.2) is 0 Å². The number of unbranched alkanes of at least 4 members (excludes halogenated alkanes) is 4. The predicted molar refractivity (Wildman–Crippen MR) is 218 cm³/mol. The van der Waals surface area contributed by atoms with Crippen LogP contribution >= 0.6 is 0 Å². The summed E-state index contributed by atoms with van der Waals surface area (Å²) in [7, 11) is 0. The van der Waals surface area contributed by atoms with Gasteiger partial charge in [-0.3, -0.25) is 0 Å². The molecule has 0 radical (unpaired) electrons. The first-order valence-electron chi connectivity index (χ1n) is 20.1. The number of aliphatic hydroxyl groups is 2. The third-order valence-corrected chi connectivity index (χ3v) is 12.6. The standard InChI is InChI=1S/C22H34O3.C22H36O3.2CH4/c1-5-6-7-8-15-12-19-20(21(24)17(15)13-23)16-11-14(2)9-10-18(16)22(3,4)25-19;1-5-6-7-8-16-12-20(24)21(22(25)19(16)13-23)18-11-15(4)9-10-17(18)14(2)3;;/h12,14,16,18,23-24H,5-11,13H2,1-4H3;12,14-15,17-18,23-25H,5-11,13H2,1-4H3;2*1H4/t14?,16-,18-;15?,17-,18+;;/m10../s1. The van der Waals surface area contributed by atoms with Gasteiger partial charge in [-0.1, -0.05) is 94.9 Å². The number of fused-ring (bicyclic) bond motifs is 3. The van der Waals surface area contributed by atoms with Crippen molar-refractivity contribution < 1.29 is 30.3 Å². The van der Waals surface area contributed by atoms with E-state index in [0.717, 1.165) is 105 Å². The Morgan fingerprint density at radius 2 is 1.21 bits per heavy atom. The van der Waals surface area contributed by atoms with Crippen LogP contribution in [-0.4, -0.2) is 31.1 Å². The Labute approximate surface area is 318 Å². The molecule has 5 rings (SSSR count). The van der Waals surface area contributed by atoms with Crippen molar-refractivity contribution in [3.8, 4) is 23.0 Å². The molecule has 298 valence electrons. The maximum absolute atomic E-state index is 11.0. The molecule has 0 saturated heterocycles. The Bertz CT molecular complexity index is 1390. The van der Waals surface area contributed by atoms with E-state index in [9.17, 15) is 25.5 Å². The van der Waals surface area contributed by atoms with Gasteiger partial charge in [0, 0.05) is 28.2 Å². The maximum Gasteiger partial charge on any atom is 0.128 e. The number of benzene rings is 2. The zero-order valence-corrected chi connectivity index (χ0v) is 32.7. The number of rotatable bonds is 12. The minimum Gasteiger partial charge on any atom is -0.508 e. The van der Waals surface area contributed by atoms with E-state index in [0.29, 0.717) is 52.4 Å². The van der Waals surface area contributed by atoms with Crippen molar-refractivity contribution in [2.24, 2.45) is 29.6 Å². The van der Waals surface area contributed by atoms with E-state index in [-0.39, 0.29) is 51.1 Å². The molecule has 2 fully saturated rings. The summed E-state index contributed by atoms with van der Waals surface area (Å²) in [6.07, 6.45) is 15.1. The summed E-state index contributed by atoms with van der Waals surface area (Å²) in [6.45, 7) is 17.5. The summed E-state index contributed by atoms with van der Waals surface area (Å²) in [5, 5.41) is 52.5. The van der Waals surface area contributed by atoms with E-state index in [1.807, 2.05) is 0 Å². The van der Waals surface area contributed by atoms with E-state index >= 15 is 0 Å². The van der Waals surface area contributed by atoms with Crippen molar-refractivity contribution in [3.05, 3.63) is 45.5 Å². The molecular weight excluding hydrogens is 649 g/mol. The van der Waals surface area contributed by atoms with Crippen molar-refractivity contribution in [2.75, 3.05) is 0 Å². The van der Waals surface area contributed by atoms with Crippen molar-refractivity contribution >= 4 is 0 Å². The number of phenolic OH excluding ortho intramolecular Hbond substituents is 1. The number of ether oxygens (including phenoxy) is 1. The molecule has 2 saturated carbocycles. The molecule has 2 unspecified atom stereocenters. The van der Waals surface area contributed by atoms with Crippen molar-refractivity contribution in [1.82, 2.24) is 0 Å². The minimum atomic E-state index is -0.203. The predicted octanol–water partition coefficient (Wildman–Crippen LogP) is 12.1. The van der Waals surface area contributed by atoms with Crippen LogP contribution in [0.25, 0.3) is 0 Å². The van der Waals surface area contributed by atoms with E-state index in [1.54, 1.807) is 6.07 Å². The van der Waals surface area contributed by atoms with Crippen LogP contribution in [0.2, 0.25) is 0 Å². The third-order valence-electron chi connectivity index (χ3n) is 12.6. The second-order valence-corrected chi connectivity index (χ2v) is 17.1. The number of phenols is 3.